The second-order valence-corrected chi connectivity index (χ2v) is 7.91. The van der Waals surface area contributed by atoms with Crippen molar-refractivity contribution in [1.82, 2.24) is 4.72 Å². The zero-order valence-corrected chi connectivity index (χ0v) is 14.3. The molecular formula is C17H15F3N2O3S. The number of sulfonamides is 1. The molecule has 2 aromatic carbocycles. The molecule has 2 aliphatic rings. The number of benzene rings is 2. The lowest BCUT2D eigenvalue weighted by molar-refractivity contribution is -0.137. The number of ether oxygens (including phenoxy) is 1. The smallest absolute Gasteiger partial charge is 0.416 e. The number of alkyl halides is 3. The highest BCUT2D eigenvalue weighted by atomic mass is 32.2. The molecule has 1 unspecified atom stereocenters. The van der Waals surface area contributed by atoms with E-state index in [4.69, 9.17) is 4.74 Å². The van der Waals surface area contributed by atoms with Crippen LogP contribution in [0, 0.1) is 0 Å². The second kappa shape index (κ2) is 5.88. The Hall–Kier alpha value is -2.26. The molecule has 1 atom stereocenters. The number of nitrogens with zero attached hydrogens (tertiary/aromatic N) is 1. The molecule has 2 aliphatic heterocycles. The van der Waals surface area contributed by atoms with Crippen molar-refractivity contribution in [2.24, 2.45) is 0 Å². The quantitative estimate of drug-likeness (QED) is 0.858. The van der Waals surface area contributed by atoms with Gasteiger partial charge in [-0.05, 0) is 43.2 Å². The van der Waals surface area contributed by atoms with Crippen LogP contribution in [0.4, 0.5) is 18.9 Å². The van der Waals surface area contributed by atoms with Gasteiger partial charge in [0, 0.05) is 12.6 Å². The second-order valence-electron chi connectivity index (χ2n) is 6.23. The standard InChI is InChI=1S/C17H15F3N2O3S/c18-17(19,20)11-3-1-4-12(9-11)25-13-6-7-14-15(10-13)26(23,24)21-16-5-2-8-22(14)16/h1,3-4,6-7,9-10,16,21H,2,5,8H2. The summed E-state index contributed by atoms with van der Waals surface area (Å²) in [7, 11) is -3.69. The Morgan fingerprint density at radius 1 is 1.12 bits per heavy atom. The van der Waals surface area contributed by atoms with Crippen molar-refractivity contribution < 1.29 is 26.3 Å². The normalized spacial score (nSPS) is 21.2. The van der Waals surface area contributed by atoms with Gasteiger partial charge in [-0.25, -0.2) is 8.42 Å². The molecule has 0 aromatic heterocycles. The first-order chi connectivity index (χ1) is 12.2. The van der Waals surface area contributed by atoms with Crippen LogP contribution >= 0.6 is 0 Å². The topological polar surface area (TPSA) is 58.6 Å². The van der Waals surface area contributed by atoms with Gasteiger partial charge in [-0.3, -0.25) is 0 Å². The minimum Gasteiger partial charge on any atom is -0.457 e. The van der Waals surface area contributed by atoms with Crippen LogP contribution in [0.2, 0.25) is 0 Å². The molecule has 26 heavy (non-hydrogen) atoms. The van der Waals surface area contributed by atoms with Crippen molar-refractivity contribution >= 4 is 15.7 Å². The first-order valence-corrected chi connectivity index (χ1v) is 9.50. The number of hydrogen-bond acceptors (Lipinski definition) is 4. The van der Waals surface area contributed by atoms with E-state index in [0.717, 1.165) is 31.5 Å². The molecule has 1 N–H and O–H groups in total. The van der Waals surface area contributed by atoms with E-state index in [0.29, 0.717) is 5.69 Å². The van der Waals surface area contributed by atoms with E-state index in [9.17, 15) is 21.6 Å². The third-order valence-corrected chi connectivity index (χ3v) is 5.96. The summed E-state index contributed by atoms with van der Waals surface area (Å²) in [4.78, 5) is 2.05. The van der Waals surface area contributed by atoms with E-state index in [1.54, 1.807) is 12.1 Å². The molecule has 1 fully saturated rings. The Labute approximate surface area is 148 Å². The van der Waals surface area contributed by atoms with Gasteiger partial charge in [0.15, 0.2) is 0 Å². The van der Waals surface area contributed by atoms with Crippen LogP contribution in [0.1, 0.15) is 18.4 Å². The summed E-state index contributed by atoms with van der Waals surface area (Å²) in [5, 5.41) is 0. The molecule has 138 valence electrons. The molecule has 0 bridgehead atoms. The summed E-state index contributed by atoms with van der Waals surface area (Å²) in [6, 6.07) is 8.99. The highest BCUT2D eigenvalue weighted by Crippen LogP contribution is 2.39. The van der Waals surface area contributed by atoms with Crippen molar-refractivity contribution in [2.75, 3.05) is 11.4 Å². The van der Waals surface area contributed by atoms with E-state index in [1.807, 2.05) is 4.90 Å². The van der Waals surface area contributed by atoms with E-state index in [1.165, 1.54) is 18.2 Å². The van der Waals surface area contributed by atoms with Gasteiger partial charge in [-0.2, -0.15) is 17.9 Å². The number of rotatable bonds is 2. The Balaban J connectivity index is 1.68. The SMILES string of the molecule is O=S1(=O)NC2CCCN2c2ccc(Oc3cccc(C(F)(F)F)c3)cc21. The van der Waals surface area contributed by atoms with Gasteiger partial charge < -0.3 is 9.64 Å². The zero-order valence-electron chi connectivity index (χ0n) is 13.5. The van der Waals surface area contributed by atoms with Crippen LogP contribution in [-0.4, -0.2) is 21.1 Å². The molecule has 0 aliphatic carbocycles. The minimum absolute atomic E-state index is 0.0139. The third kappa shape index (κ3) is 3.01. The Morgan fingerprint density at radius 3 is 2.65 bits per heavy atom. The van der Waals surface area contributed by atoms with Crippen molar-refractivity contribution in [3.05, 3.63) is 48.0 Å². The van der Waals surface area contributed by atoms with Crippen LogP contribution in [0.3, 0.4) is 0 Å². The van der Waals surface area contributed by atoms with E-state index < -0.39 is 21.8 Å². The lowest BCUT2D eigenvalue weighted by Gasteiger charge is -2.33. The van der Waals surface area contributed by atoms with Gasteiger partial charge >= 0.3 is 6.18 Å². The predicted octanol–water partition coefficient (Wildman–Crippen LogP) is 3.72. The first kappa shape index (κ1) is 17.2. The van der Waals surface area contributed by atoms with Gasteiger partial charge in [0.05, 0.1) is 17.4 Å². The van der Waals surface area contributed by atoms with Crippen LogP contribution < -0.4 is 14.4 Å². The van der Waals surface area contributed by atoms with Crippen LogP contribution in [0.15, 0.2) is 47.4 Å². The molecule has 5 nitrogen and oxygen atoms in total. The average Bonchev–Trinajstić information content (AvgIpc) is 3.02. The molecule has 2 heterocycles. The van der Waals surface area contributed by atoms with Gasteiger partial charge in [0.2, 0.25) is 10.0 Å². The van der Waals surface area contributed by atoms with Gasteiger partial charge in [-0.1, -0.05) is 6.07 Å². The van der Waals surface area contributed by atoms with Crippen LogP contribution in [0.5, 0.6) is 11.5 Å². The van der Waals surface area contributed by atoms with Crippen molar-refractivity contribution in [2.45, 2.75) is 30.1 Å². The van der Waals surface area contributed by atoms with Crippen molar-refractivity contribution in [1.29, 1.82) is 0 Å². The number of fused-ring (bicyclic) bond motifs is 3. The fourth-order valence-corrected chi connectivity index (χ4v) is 4.76. The van der Waals surface area contributed by atoms with E-state index >= 15 is 0 Å². The van der Waals surface area contributed by atoms with Crippen molar-refractivity contribution in [3.8, 4) is 11.5 Å². The molecule has 0 radical (unpaired) electrons. The summed E-state index contributed by atoms with van der Waals surface area (Å²) < 4.78 is 71.5. The van der Waals surface area contributed by atoms with Gasteiger partial charge in [0.25, 0.3) is 0 Å². The molecule has 1 saturated heterocycles. The number of halogens is 3. The van der Waals surface area contributed by atoms with E-state index in [-0.39, 0.29) is 22.6 Å². The Bertz CT molecular complexity index is 960. The van der Waals surface area contributed by atoms with E-state index in [2.05, 4.69) is 4.72 Å². The summed E-state index contributed by atoms with van der Waals surface area (Å²) in [6.45, 7) is 0.744. The molecule has 0 spiro atoms. The van der Waals surface area contributed by atoms with Crippen LogP contribution in [0.25, 0.3) is 0 Å². The Kier molecular flexibility index (Phi) is 3.89. The summed E-state index contributed by atoms with van der Waals surface area (Å²) in [6.07, 6.45) is -3.11. The van der Waals surface area contributed by atoms with Gasteiger partial charge in [0.1, 0.15) is 16.4 Å². The lowest BCUT2D eigenvalue weighted by Crippen LogP contribution is -2.48. The average molecular weight is 384 g/mol. The molecule has 0 amide bonds. The maximum atomic E-state index is 12.8. The number of anilines is 1. The highest BCUT2D eigenvalue weighted by Gasteiger charge is 2.38. The lowest BCUT2D eigenvalue weighted by atomic mass is 10.2. The molecule has 4 rings (SSSR count). The molecular weight excluding hydrogens is 369 g/mol. The number of hydrogen-bond donors (Lipinski definition) is 1. The van der Waals surface area contributed by atoms with Crippen molar-refractivity contribution in [3.63, 3.8) is 0 Å². The maximum Gasteiger partial charge on any atom is 0.416 e. The monoisotopic (exact) mass is 384 g/mol. The first-order valence-electron chi connectivity index (χ1n) is 8.02. The predicted molar refractivity (Wildman–Crippen MR) is 88.6 cm³/mol. The Morgan fingerprint density at radius 2 is 1.88 bits per heavy atom. The third-order valence-electron chi connectivity index (χ3n) is 4.47. The fraction of sp³-hybridized carbons (Fsp3) is 0.294. The summed E-state index contributed by atoms with van der Waals surface area (Å²) in [5.41, 5.74) is -0.246. The highest BCUT2D eigenvalue weighted by molar-refractivity contribution is 7.89. The number of nitrogens with one attached hydrogen (secondary N) is 1. The molecule has 0 saturated carbocycles. The summed E-state index contributed by atoms with van der Waals surface area (Å²) >= 11 is 0. The fourth-order valence-electron chi connectivity index (χ4n) is 3.30. The van der Waals surface area contributed by atoms with Gasteiger partial charge in [-0.15, -0.1) is 0 Å². The zero-order chi connectivity index (χ0) is 18.5. The largest absolute Gasteiger partial charge is 0.457 e. The molecule has 2 aromatic rings. The van der Waals surface area contributed by atoms with Crippen LogP contribution in [-0.2, 0) is 16.2 Å². The molecule has 9 heteroatoms. The summed E-state index contributed by atoms with van der Waals surface area (Å²) in [5.74, 6) is 0.145. The minimum atomic E-state index is -4.48. The maximum absolute atomic E-state index is 12.8.